The van der Waals surface area contributed by atoms with Crippen LogP contribution in [0.4, 0.5) is 5.69 Å². The minimum absolute atomic E-state index is 0.0612. The molecule has 2 rings (SSSR count). The lowest BCUT2D eigenvalue weighted by Crippen LogP contribution is -2.57. The molecule has 0 spiro atoms. The summed E-state index contributed by atoms with van der Waals surface area (Å²) in [6.45, 7) is 9.32. The van der Waals surface area contributed by atoms with Crippen molar-refractivity contribution < 1.29 is 14.3 Å². The first-order valence-electron chi connectivity index (χ1n) is 8.02. The molecule has 1 aromatic carbocycles. The maximum absolute atomic E-state index is 12.9. The topological polar surface area (TPSA) is 58.6 Å². The molecule has 1 heterocycles. The van der Waals surface area contributed by atoms with Crippen LogP contribution in [0, 0.1) is 0 Å². The number of ether oxygens (including phenoxy) is 1. The lowest BCUT2D eigenvalue weighted by molar-refractivity contribution is -0.148. The maximum atomic E-state index is 12.9. The zero-order valence-corrected chi connectivity index (χ0v) is 17.5. The number of thioether (sulfide) groups is 1. The summed E-state index contributed by atoms with van der Waals surface area (Å²) in [5.74, 6) is 0.177. The molecule has 1 aliphatic rings. The highest BCUT2D eigenvalue weighted by Crippen LogP contribution is 2.33. The standard InChI is InChI=1S/C18H23BrN2O3S/c1-11(2)25-15-12(3)24-10-21(16(15)22)18(4,5)17(23)20-14-8-6-7-13(19)9-14/h6-9,11H,10H2,1-5H3,(H,20,23). The fourth-order valence-corrected chi connectivity index (χ4v) is 3.62. The molecule has 2 amide bonds. The van der Waals surface area contributed by atoms with Gasteiger partial charge in [0.05, 0.1) is 0 Å². The molecule has 7 heteroatoms. The van der Waals surface area contributed by atoms with Crippen LogP contribution in [0.2, 0.25) is 0 Å². The van der Waals surface area contributed by atoms with Crippen molar-refractivity contribution in [3.8, 4) is 0 Å². The third-order valence-electron chi connectivity index (χ3n) is 3.84. The highest BCUT2D eigenvalue weighted by molar-refractivity contribution is 9.10. The normalized spacial score (nSPS) is 15.5. The van der Waals surface area contributed by atoms with Gasteiger partial charge in [-0.3, -0.25) is 14.5 Å². The minimum atomic E-state index is -1.05. The number of anilines is 1. The second kappa shape index (κ2) is 7.83. The predicted molar refractivity (Wildman–Crippen MR) is 105 cm³/mol. The first kappa shape index (κ1) is 19.8. The molecule has 0 aliphatic carbocycles. The van der Waals surface area contributed by atoms with Gasteiger partial charge in [-0.15, -0.1) is 11.8 Å². The van der Waals surface area contributed by atoms with Crippen molar-refractivity contribution in [1.29, 1.82) is 0 Å². The predicted octanol–water partition coefficient (Wildman–Crippen LogP) is 4.36. The molecule has 0 unspecified atom stereocenters. The van der Waals surface area contributed by atoms with Crippen LogP contribution in [0.15, 0.2) is 39.4 Å². The van der Waals surface area contributed by atoms with Gasteiger partial charge in [0.1, 0.15) is 16.2 Å². The molecule has 5 nitrogen and oxygen atoms in total. The van der Waals surface area contributed by atoms with E-state index in [1.54, 1.807) is 26.8 Å². The summed E-state index contributed by atoms with van der Waals surface area (Å²) in [5, 5.41) is 3.11. The average molecular weight is 427 g/mol. The van der Waals surface area contributed by atoms with E-state index in [0.29, 0.717) is 16.4 Å². The number of carbonyl (C=O) groups excluding carboxylic acids is 2. The monoisotopic (exact) mass is 426 g/mol. The molecule has 0 radical (unpaired) electrons. The van der Waals surface area contributed by atoms with Crippen molar-refractivity contribution in [2.24, 2.45) is 0 Å². The van der Waals surface area contributed by atoms with Crippen molar-refractivity contribution in [3.05, 3.63) is 39.4 Å². The second-order valence-corrected chi connectivity index (χ2v) is 9.08. The molecule has 0 atom stereocenters. The number of carbonyl (C=O) groups is 2. The van der Waals surface area contributed by atoms with E-state index in [1.165, 1.54) is 16.7 Å². The van der Waals surface area contributed by atoms with Crippen molar-refractivity contribution in [1.82, 2.24) is 4.90 Å². The molecule has 25 heavy (non-hydrogen) atoms. The lowest BCUT2D eigenvalue weighted by atomic mass is 10.0. The summed E-state index contributed by atoms with van der Waals surface area (Å²) in [6, 6.07) is 7.33. The molecule has 136 valence electrons. The van der Waals surface area contributed by atoms with Crippen LogP contribution in [-0.2, 0) is 14.3 Å². The number of hydrogen-bond donors (Lipinski definition) is 1. The highest BCUT2D eigenvalue weighted by atomic mass is 79.9. The Balaban J connectivity index is 2.20. The molecule has 1 aromatic rings. The number of benzene rings is 1. The van der Waals surface area contributed by atoms with Gasteiger partial charge in [-0.1, -0.05) is 35.8 Å². The molecule has 0 saturated heterocycles. The number of rotatable bonds is 5. The van der Waals surface area contributed by atoms with Crippen molar-refractivity contribution in [2.75, 3.05) is 12.0 Å². The van der Waals surface area contributed by atoms with E-state index in [-0.39, 0.29) is 23.8 Å². The molecule has 0 aromatic heterocycles. The summed E-state index contributed by atoms with van der Waals surface area (Å²) in [5.41, 5.74) is -0.385. The Morgan fingerprint density at radius 1 is 1.40 bits per heavy atom. The zero-order chi connectivity index (χ0) is 18.8. The largest absolute Gasteiger partial charge is 0.476 e. The number of nitrogens with one attached hydrogen (secondary N) is 1. The van der Waals surface area contributed by atoms with E-state index >= 15 is 0 Å². The van der Waals surface area contributed by atoms with Crippen molar-refractivity contribution in [2.45, 2.75) is 45.4 Å². The first-order chi connectivity index (χ1) is 11.6. The van der Waals surface area contributed by atoms with E-state index in [4.69, 9.17) is 4.74 Å². The van der Waals surface area contributed by atoms with Crippen LogP contribution in [-0.4, -0.2) is 34.2 Å². The van der Waals surface area contributed by atoms with Crippen LogP contribution < -0.4 is 5.32 Å². The van der Waals surface area contributed by atoms with Crippen LogP contribution in [0.3, 0.4) is 0 Å². The third-order valence-corrected chi connectivity index (χ3v) is 5.50. The fourth-order valence-electron chi connectivity index (χ4n) is 2.32. The van der Waals surface area contributed by atoms with Gasteiger partial charge in [0.15, 0.2) is 6.73 Å². The number of halogens is 1. The van der Waals surface area contributed by atoms with Crippen LogP contribution >= 0.6 is 27.7 Å². The van der Waals surface area contributed by atoms with E-state index < -0.39 is 5.54 Å². The smallest absolute Gasteiger partial charge is 0.267 e. The van der Waals surface area contributed by atoms with Gasteiger partial charge in [-0.05, 0) is 39.0 Å². The molecule has 0 saturated carbocycles. The first-order valence-corrected chi connectivity index (χ1v) is 9.69. The molecule has 1 aliphatic heterocycles. The van der Waals surface area contributed by atoms with Gasteiger partial charge >= 0.3 is 0 Å². The Hall–Kier alpha value is -1.47. The van der Waals surface area contributed by atoms with Gasteiger partial charge in [0, 0.05) is 15.4 Å². The Morgan fingerprint density at radius 2 is 2.08 bits per heavy atom. The molecular weight excluding hydrogens is 404 g/mol. The summed E-state index contributed by atoms with van der Waals surface area (Å²) in [7, 11) is 0. The van der Waals surface area contributed by atoms with E-state index in [0.717, 1.165) is 4.47 Å². The second-order valence-electron chi connectivity index (χ2n) is 6.58. The Kier molecular flexibility index (Phi) is 6.21. The summed E-state index contributed by atoms with van der Waals surface area (Å²) < 4.78 is 6.53. The number of allylic oxidation sites excluding steroid dienone is 1. The number of nitrogens with zero attached hydrogens (tertiary/aromatic N) is 1. The van der Waals surface area contributed by atoms with Crippen LogP contribution in [0.25, 0.3) is 0 Å². The van der Waals surface area contributed by atoms with Gasteiger partial charge in [0.2, 0.25) is 5.91 Å². The van der Waals surface area contributed by atoms with Crippen LogP contribution in [0.1, 0.15) is 34.6 Å². The van der Waals surface area contributed by atoms with E-state index in [9.17, 15) is 9.59 Å². The van der Waals surface area contributed by atoms with E-state index in [1.807, 2.05) is 32.0 Å². The minimum Gasteiger partial charge on any atom is -0.476 e. The molecule has 0 fully saturated rings. The summed E-state index contributed by atoms with van der Waals surface area (Å²) in [4.78, 5) is 27.7. The van der Waals surface area contributed by atoms with Gasteiger partial charge < -0.3 is 10.1 Å². The Bertz CT molecular complexity index is 716. The van der Waals surface area contributed by atoms with Gasteiger partial charge in [-0.2, -0.15) is 0 Å². The highest BCUT2D eigenvalue weighted by Gasteiger charge is 2.42. The number of hydrogen-bond acceptors (Lipinski definition) is 4. The summed E-state index contributed by atoms with van der Waals surface area (Å²) >= 11 is 4.84. The van der Waals surface area contributed by atoms with Crippen molar-refractivity contribution in [3.63, 3.8) is 0 Å². The Morgan fingerprint density at radius 3 is 2.68 bits per heavy atom. The molecule has 0 bridgehead atoms. The summed E-state index contributed by atoms with van der Waals surface area (Å²) in [6.07, 6.45) is 0. The molecular formula is C18H23BrN2O3S. The quantitative estimate of drug-likeness (QED) is 0.759. The number of amides is 2. The lowest BCUT2D eigenvalue weighted by Gasteiger charge is -2.40. The fraction of sp³-hybridized carbons (Fsp3) is 0.444. The molecule has 1 N–H and O–H groups in total. The Labute approximate surface area is 161 Å². The zero-order valence-electron chi connectivity index (χ0n) is 15.1. The van der Waals surface area contributed by atoms with Crippen molar-refractivity contribution >= 4 is 45.2 Å². The third kappa shape index (κ3) is 4.58. The van der Waals surface area contributed by atoms with E-state index in [2.05, 4.69) is 21.2 Å². The average Bonchev–Trinajstić information content (AvgIpc) is 2.50. The van der Waals surface area contributed by atoms with Crippen LogP contribution in [0.5, 0.6) is 0 Å². The van der Waals surface area contributed by atoms with Gasteiger partial charge in [0.25, 0.3) is 5.91 Å². The maximum Gasteiger partial charge on any atom is 0.267 e. The SMILES string of the molecule is CC1=C(SC(C)C)C(=O)N(C(C)(C)C(=O)Nc2cccc(Br)c2)CO1. The van der Waals surface area contributed by atoms with Gasteiger partial charge in [-0.25, -0.2) is 0 Å².